The van der Waals surface area contributed by atoms with E-state index < -0.39 is 0 Å². The van der Waals surface area contributed by atoms with Crippen molar-refractivity contribution in [1.29, 1.82) is 0 Å². The normalized spacial score (nSPS) is 21.3. The summed E-state index contributed by atoms with van der Waals surface area (Å²) in [5.41, 5.74) is 0.482. The number of piperidine rings is 1. The van der Waals surface area contributed by atoms with Gasteiger partial charge < -0.3 is 5.32 Å². The van der Waals surface area contributed by atoms with Crippen LogP contribution < -0.4 is 5.32 Å². The fraction of sp³-hybridized carbons (Fsp3) is 1.00. The second kappa shape index (κ2) is 7.08. The number of hydrogen-bond acceptors (Lipinski definition) is 2. The Balaban J connectivity index is 2.50. The molecule has 1 heterocycles. The molecule has 2 nitrogen and oxygen atoms in total. The lowest BCUT2D eigenvalue weighted by molar-refractivity contribution is 0.0649. The van der Waals surface area contributed by atoms with Crippen molar-refractivity contribution >= 4 is 0 Å². The van der Waals surface area contributed by atoms with Crippen LogP contribution in [-0.2, 0) is 0 Å². The van der Waals surface area contributed by atoms with Crippen LogP contribution in [-0.4, -0.2) is 36.6 Å². The maximum absolute atomic E-state index is 3.62. The zero-order chi connectivity index (χ0) is 14.6. The molecule has 1 N–H and O–H groups in total. The van der Waals surface area contributed by atoms with E-state index >= 15 is 0 Å². The molecule has 2 heteroatoms. The fourth-order valence-corrected chi connectivity index (χ4v) is 3.24. The molecule has 0 bridgehead atoms. The molecule has 0 aromatic rings. The summed E-state index contributed by atoms with van der Waals surface area (Å²) >= 11 is 0. The summed E-state index contributed by atoms with van der Waals surface area (Å²) in [6, 6.07) is 1.29. The van der Waals surface area contributed by atoms with Crippen LogP contribution in [0.1, 0.15) is 61.3 Å². The van der Waals surface area contributed by atoms with Gasteiger partial charge in [0.05, 0.1) is 0 Å². The predicted molar refractivity (Wildman–Crippen MR) is 85.5 cm³/mol. The molecule has 0 aromatic carbocycles. The average Bonchev–Trinajstić information content (AvgIpc) is 2.27. The molecule has 1 rings (SSSR count). The van der Waals surface area contributed by atoms with Gasteiger partial charge in [-0.3, -0.25) is 4.90 Å². The van der Waals surface area contributed by atoms with E-state index in [1.54, 1.807) is 0 Å². The smallest absolute Gasteiger partial charge is 0.0243 e. The maximum Gasteiger partial charge on any atom is 0.0243 e. The third-order valence-corrected chi connectivity index (χ3v) is 4.73. The van der Waals surface area contributed by atoms with Gasteiger partial charge in [0.2, 0.25) is 0 Å². The van der Waals surface area contributed by atoms with Crippen molar-refractivity contribution in [2.24, 2.45) is 17.3 Å². The first-order valence-corrected chi connectivity index (χ1v) is 8.19. The van der Waals surface area contributed by atoms with E-state index in [4.69, 9.17) is 0 Å². The van der Waals surface area contributed by atoms with Crippen molar-refractivity contribution in [1.82, 2.24) is 10.2 Å². The second-order valence-electron chi connectivity index (χ2n) is 8.05. The van der Waals surface area contributed by atoms with E-state index in [1.165, 1.54) is 25.9 Å². The summed E-state index contributed by atoms with van der Waals surface area (Å²) in [6.45, 7) is 20.1. The minimum absolute atomic E-state index is 0.482. The molecule has 0 spiro atoms. The minimum Gasteiger partial charge on any atom is -0.313 e. The topological polar surface area (TPSA) is 15.3 Å². The van der Waals surface area contributed by atoms with Crippen LogP contribution in [0.25, 0.3) is 0 Å². The number of likely N-dealkylation sites (tertiary alicyclic amines) is 1. The van der Waals surface area contributed by atoms with Crippen LogP contribution >= 0.6 is 0 Å². The molecule has 0 radical (unpaired) electrons. The largest absolute Gasteiger partial charge is 0.313 e. The Bertz CT molecular complexity index is 244. The van der Waals surface area contributed by atoms with Crippen LogP contribution in [0, 0.1) is 17.3 Å². The Kier molecular flexibility index (Phi) is 6.32. The first-order chi connectivity index (χ1) is 8.71. The molecular formula is C17H36N2. The van der Waals surface area contributed by atoms with E-state index in [1.807, 2.05) is 0 Å². The fourth-order valence-electron chi connectivity index (χ4n) is 3.24. The van der Waals surface area contributed by atoms with Crippen LogP contribution in [0.3, 0.4) is 0 Å². The van der Waals surface area contributed by atoms with E-state index in [9.17, 15) is 0 Å². The molecule has 1 atom stereocenters. The molecule has 114 valence electrons. The van der Waals surface area contributed by atoms with Gasteiger partial charge in [-0.15, -0.1) is 0 Å². The van der Waals surface area contributed by atoms with Gasteiger partial charge >= 0.3 is 0 Å². The average molecular weight is 268 g/mol. The van der Waals surface area contributed by atoms with E-state index in [0.29, 0.717) is 17.5 Å². The lowest BCUT2D eigenvalue weighted by Crippen LogP contribution is -2.50. The van der Waals surface area contributed by atoms with Gasteiger partial charge in [0.25, 0.3) is 0 Å². The standard InChI is InChI=1S/C17H36N2/c1-13(2)16(12-18-14(3)4)19-10-8-15(9-11-19)17(5,6)7/h13-16,18H,8-12H2,1-7H3. The van der Waals surface area contributed by atoms with Gasteiger partial charge in [-0.2, -0.15) is 0 Å². The summed E-state index contributed by atoms with van der Waals surface area (Å²) in [5, 5.41) is 3.62. The molecule has 1 aliphatic rings. The molecule has 1 saturated heterocycles. The van der Waals surface area contributed by atoms with Crippen LogP contribution in [0.4, 0.5) is 0 Å². The van der Waals surface area contributed by atoms with Gasteiger partial charge in [-0.05, 0) is 43.2 Å². The Hall–Kier alpha value is -0.0800. The summed E-state index contributed by atoms with van der Waals surface area (Å²) in [5.74, 6) is 1.63. The van der Waals surface area contributed by atoms with E-state index in [0.717, 1.165) is 18.4 Å². The van der Waals surface area contributed by atoms with Crippen molar-refractivity contribution in [3.05, 3.63) is 0 Å². The van der Waals surface area contributed by atoms with Gasteiger partial charge in [0.1, 0.15) is 0 Å². The monoisotopic (exact) mass is 268 g/mol. The number of nitrogens with one attached hydrogen (secondary N) is 1. The molecule has 0 saturated carbocycles. The number of rotatable bonds is 5. The molecule has 1 aliphatic heterocycles. The van der Waals surface area contributed by atoms with Gasteiger partial charge in [-0.1, -0.05) is 48.5 Å². The lowest BCUT2D eigenvalue weighted by atomic mass is 9.75. The summed E-state index contributed by atoms with van der Waals surface area (Å²) < 4.78 is 0. The Morgan fingerprint density at radius 1 is 1.05 bits per heavy atom. The van der Waals surface area contributed by atoms with E-state index in [-0.39, 0.29) is 0 Å². The van der Waals surface area contributed by atoms with Crippen molar-refractivity contribution in [3.63, 3.8) is 0 Å². The molecule has 1 unspecified atom stereocenters. The van der Waals surface area contributed by atoms with Crippen molar-refractivity contribution in [2.45, 2.75) is 73.4 Å². The lowest BCUT2D eigenvalue weighted by Gasteiger charge is -2.43. The molecule has 0 aromatic heterocycles. The Labute approximate surface area is 121 Å². The van der Waals surface area contributed by atoms with Crippen molar-refractivity contribution < 1.29 is 0 Å². The highest BCUT2D eigenvalue weighted by atomic mass is 15.2. The second-order valence-corrected chi connectivity index (χ2v) is 8.05. The minimum atomic E-state index is 0.482. The highest BCUT2D eigenvalue weighted by Crippen LogP contribution is 2.35. The van der Waals surface area contributed by atoms with Crippen LogP contribution in [0.2, 0.25) is 0 Å². The third kappa shape index (κ3) is 5.43. The molecular weight excluding hydrogens is 232 g/mol. The van der Waals surface area contributed by atoms with Crippen molar-refractivity contribution in [2.75, 3.05) is 19.6 Å². The third-order valence-electron chi connectivity index (χ3n) is 4.73. The van der Waals surface area contributed by atoms with Gasteiger partial charge in [-0.25, -0.2) is 0 Å². The molecule has 0 aliphatic carbocycles. The molecule has 19 heavy (non-hydrogen) atoms. The quantitative estimate of drug-likeness (QED) is 0.816. The summed E-state index contributed by atoms with van der Waals surface area (Å²) in [4.78, 5) is 2.72. The van der Waals surface area contributed by atoms with Crippen LogP contribution in [0.15, 0.2) is 0 Å². The molecule has 1 fully saturated rings. The van der Waals surface area contributed by atoms with Gasteiger partial charge in [0.15, 0.2) is 0 Å². The predicted octanol–water partition coefficient (Wildman–Crippen LogP) is 3.77. The first-order valence-electron chi connectivity index (χ1n) is 8.19. The maximum atomic E-state index is 3.62. The Morgan fingerprint density at radius 2 is 1.58 bits per heavy atom. The molecule has 0 amide bonds. The van der Waals surface area contributed by atoms with Crippen LogP contribution in [0.5, 0.6) is 0 Å². The number of nitrogens with zero attached hydrogens (tertiary/aromatic N) is 1. The van der Waals surface area contributed by atoms with Gasteiger partial charge in [0, 0.05) is 18.6 Å². The zero-order valence-corrected chi connectivity index (χ0v) is 14.3. The highest BCUT2D eigenvalue weighted by Gasteiger charge is 2.32. The first kappa shape index (κ1) is 17.0. The number of hydrogen-bond donors (Lipinski definition) is 1. The highest BCUT2D eigenvalue weighted by molar-refractivity contribution is 4.85. The summed E-state index contributed by atoms with van der Waals surface area (Å²) in [6.07, 6.45) is 2.74. The zero-order valence-electron chi connectivity index (χ0n) is 14.3. The summed E-state index contributed by atoms with van der Waals surface area (Å²) in [7, 11) is 0. The SMILES string of the molecule is CC(C)NCC(C(C)C)N1CCC(C(C)(C)C)CC1. The van der Waals surface area contributed by atoms with E-state index in [2.05, 4.69) is 58.7 Å². The Morgan fingerprint density at radius 3 is 1.95 bits per heavy atom. The van der Waals surface area contributed by atoms with Crippen molar-refractivity contribution in [3.8, 4) is 0 Å².